The first-order chi connectivity index (χ1) is 7.79. The van der Waals surface area contributed by atoms with Crippen LogP contribution in [0.5, 0.6) is 0 Å². The summed E-state index contributed by atoms with van der Waals surface area (Å²) in [4.78, 5) is 2.55. The molecule has 17 heavy (non-hydrogen) atoms. The van der Waals surface area contributed by atoms with E-state index < -0.39 is 0 Å². The second-order valence-electron chi connectivity index (χ2n) is 7.34. The van der Waals surface area contributed by atoms with E-state index in [-0.39, 0.29) is 5.54 Å². The second kappa shape index (κ2) is 5.71. The van der Waals surface area contributed by atoms with Crippen molar-refractivity contribution in [2.75, 3.05) is 20.1 Å². The van der Waals surface area contributed by atoms with Gasteiger partial charge in [-0.3, -0.25) is 4.90 Å². The number of nitrogens with zero attached hydrogens (tertiary/aromatic N) is 1. The molecule has 0 saturated heterocycles. The fourth-order valence-corrected chi connectivity index (χ4v) is 2.78. The van der Waals surface area contributed by atoms with Gasteiger partial charge in [-0.1, -0.05) is 27.7 Å². The Morgan fingerprint density at radius 2 is 1.76 bits per heavy atom. The molecule has 1 fully saturated rings. The fraction of sp³-hybridized carbons (Fsp3) is 1.00. The molecule has 0 aromatic heterocycles. The van der Waals surface area contributed by atoms with Crippen molar-refractivity contribution >= 4 is 0 Å². The van der Waals surface area contributed by atoms with E-state index >= 15 is 0 Å². The van der Waals surface area contributed by atoms with Crippen LogP contribution < -0.4 is 5.73 Å². The predicted molar refractivity (Wildman–Crippen MR) is 76.1 cm³/mol. The Balaban J connectivity index is 2.54. The SMILES string of the molecule is CC1CCC(CN)(N(C)CCC(C)(C)C)CC1. The average Bonchev–Trinajstić information content (AvgIpc) is 2.26. The highest BCUT2D eigenvalue weighted by atomic mass is 15.2. The third-order valence-corrected chi connectivity index (χ3v) is 4.59. The summed E-state index contributed by atoms with van der Waals surface area (Å²) in [5.74, 6) is 0.894. The average molecular weight is 240 g/mol. The number of nitrogens with two attached hydrogens (primary N) is 1. The summed E-state index contributed by atoms with van der Waals surface area (Å²) >= 11 is 0. The normalized spacial score (nSPS) is 30.9. The summed E-state index contributed by atoms with van der Waals surface area (Å²) in [6.07, 6.45) is 6.51. The Kier molecular flexibility index (Phi) is 5.03. The molecule has 2 N–H and O–H groups in total. The zero-order chi connectivity index (χ0) is 13.1. The van der Waals surface area contributed by atoms with E-state index in [1.807, 2.05) is 0 Å². The minimum atomic E-state index is 0.289. The Labute approximate surface area is 108 Å². The lowest BCUT2D eigenvalue weighted by Gasteiger charge is -2.46. The molecule has 0 bridgehead atoms. The third-order valence-electron chi connectivity index (χ3n) is 4.59. The van der Waals surface area contributed by atoms with E-state index in [1.165, 1.54) is 38.6 Å². The minimum absolute atomic E-state index is 0.289. The molecule has 0 amide bonds. The van der Waals surface area contributed by atoms with Crippen LogP contribution in [0.2, 0.25) is 0 Å². The van der Waals surface area contributed by atoms with Crippen molar-refractivity contribution in [2.24, 2.45) is 17.1 Å². The van der Waals surface area contributed by atoms with Crippen molar-refractivity contribution in [1.82, 2.24) is 4.90 Å². The first-order valence-corrected chi connectivity index (χ1v) is 7.20. The largest absolute Gasteiger partial charge is 0.329 e. The van der Waals surface area contributed by atoms with Gasteiger partial charge in [0, 0.05) is 12.1 Å². The van der Waals surface area contributed by atoms with Gasteiger partial charge in [0.05, 0.1) is 0 Å². The maximum atomic E-state index is 6.08. The van der Waals surface area contributed by atoms with Crippen LogP contribution in [0.25, 0.3) is 0 Å². The molecule has 0 radical (unpaired) electrons. The zero-order valence-electron chi connectivity index (χ0n) is 12.6. The number of hydrogen-bond donors (Lipinski definition) is 1. The molecule has 1 aliphatic rings. The van der Waals surface area contributed by atoms with Gasteiger partial charge >= 0.3 is 0 Å². The molecule has 0 unspecified atom stereocenters. The summed E-state index contributed by atoms with van der Waals surface area (Å²) in [6.45, 7) is 11.3. The van der Waals surface area contributed by atoms with Crippen LogP contribution >= 0.6 is 0 Å². The van der Waals surface area contributed by atoms with Crippen LogP contribution in [0.4, 0.5) is 0 Å². The van der Waals surface area contributed by atoms with Gasteiger partial charge in [0.25, 0.3) is 0 Å². The second-order valence-corrected chi connectivity index (χ2v) is 7.34. The lowest BCUT2D eigenvalue weighted by atomic mass is 9.76. The van der Waals surface area contributed by atoms with Crippen molar-refractivity contribution in [2.45, 2.75) is 65.3 Å². The van der Waals surface area contributed by atoms with E-state index in [9.17, 15) is 0 Å². The van der Waals surface area contributed by atoms with E-state index in [4.69, 9.17) is 5.73 Å². The van der Waals surface area contributed by atoms with Gasteiger partial charge < -0.3 is 5.73 Å². The van der Waals surface area contributed by atoms with Crippen LogP contribution in [-0.2, 0) is 0 Å². The fourth-order valence-electron chi connectivity index (χ4n) is 2.78. The molecular weight excluding hydrogens is 208 g/mol. The molecule has 0 atom stereocenters. The Bertz CT molecular complexity index is 222. The van der Waals surface area contributed by atoms with Crippen molar-refractivity contribution < 1.29 is 0 Å². The van der Waals surface area contributed by atoms with E-state index in [1.54, 1.807) is 0 Å². The molecule has 2 nitrogen and oxygen atoms in total. The molecule has 0 aliphatic heterocycles. The number of rotatable bonds is 4. The lowest BCUT2D eigenvalue weighted by molar-refractivity contribution is 0.0591. The number of likely N-dealkylation sites (N-methyl/N-ethyl adjacent to an activating group) is 1. The number of hydrogen-bond acceptors (Lipinski definition) is 2. The molecular formula is C15H32N2. The van der Waals surface area contributed by atoms with E-state index in [2.05, 4.69) is 39.6 Å². The van der Waals surface area contributed by atoms with Crippen LogP contribution in [0.1, 0.15) is 59.8 Å². The lowest BCUT2D eigenvalue weighted by Crippen LogP contribution is -2.54. The van der Waals surface area contributed by atoms with E-state index in [0.29, 0.717) is 5.41 Å². The molecule has 0 spiro atoms. The molecule has 0 aromatic carbocycles. The standard InChI is InChI=1S/C15H32N2/c1-13-6-8-15(12-16,9-7-13)17(5)11-10-14(2,3)4/h13H,6-12,16H2,1-5H3. The summed E-state index contributed by atoms with van der Waals surface area (Å²) in [7, 11) is 2.27. The van der Waals surface area contributed by atoms with Gasteiger partial charge in [-0.05, 0) is 57.0 Å². The van der Waals surface area contributed by atoms with E-state index in [0.717, 1.165) is 12.5 Å². The summed E-state index contributed by atoms with van der Waals surface area (Å²) in [5.41, 5.74) is 6.79. The van der Waals surface area contributed by atoms with Crippen molar-refractivity contribution in [3.05, 3.63) is 0 Å². The highest BCUT2D eigenvalue weighted by Gasteiger charge is 2.36. The Morgan fingerprint density at radius 3 is 2.18 bits per heavy atom. The maximum Gasteiger partial charge on any atom is 0.0328 e. The predicted octanol–water partition coefficient (Wildman–Crippen LogP) is 3.26. The van der Waals surface area contributed by atoms with Crippen LogP contribution in [0.3, 0.4) is 0 Å². The highest BCUT2D eigenvalue weighted by Crippen LogP contribution is 2.35. The Morgan fingerprint density at radius 1 is 1.24 bits per heavy atom. The monoisotopic (exact) mass is 240 g/mol. The summed E-state index contributed by atoms with van der Waals surface area (Å²) in [6, 6.07) is 0. The minimum Gasteiger partial charge on any atom is -0.329 e. The van der Waals surface area contributed by atoms with Gasteiger partial charge in [-0.25, -0.2) is 0 Å². The molecule has 0 aromatic rings. The van der Waals surface area contributed by atoms with Crippen LogP contribution in [0, 0.1) is 11.3 Å². The molecule has 102 valence electrons. The smallest absolute Gasteiger partial charge is 0.0328 e. The molecule has 1 rings (SSSR count). The van der Waals surface area contributed by atoms with Gasteiger partial charge in [0.15, 0.2) is 0 Å². The molecule has 1 saturated carbocycles. The van der Waals surface area contributed by atoms with Crippen molar-refractivity contribution in [3.63, 3.8) is 0 Å². The van der Waals surface area contributed by atoms with Gasteiger partial charge in [-0.2, -0.15) is 0 Å². The first-order valence-electron chi connectivity index (χ1n) is 7.20. The Hall–Kier alpha value is -0.0800. The van der Waals surface area contributed by atoms with Crippen molar-refractivity contribution in [1.29, 1.82) is 0 Å². The molecule has 1 aliphatic carbocycles. The molecule has 2 heteroatoms. The summed E-state index contributed by atoms with van der Waals surface area (Å²) < 4.78 is 0. The van der Waals surface area contributed by atoms with Crippen LogP contribution in [-0.4, -0.2) is 30.6 Å². The first kappa shape index (κ1) is 15.0. The highest BCUT2D eigenvalue weighted by molar-refractivity contribution is 4.94. The molecule has 0 heterocycles. The maximum absolute atomic E-state index is 6.08. The van der Waals surface area contributed by atoms with Gasteiger partial charge in [0.1, 0.15) is 0 Å². The summed E-state index contributed by atoms with van der Waals surface area (Å²) in [5, 5.41) is 0. The van der Waals surface area contributed by atoms with Gasteiger partial charge in [0.2, 0.25) is 0 Å². The van der Waals surface area contributed by atoms with Gasteiger partial charge in [-0.15, -0.1) is 0 Å². The topological polar surface area (TPSA) is 29.3 Å². The van der Waals surface area contributed by atoms with Crippen molar-refractivity contribution in [3.8, 4) is 0 Å². The third kappa shape index (κ3) is 4.26. The van der Waals surface area contributed by atoms with Crippen LogP contribution in [0.15, 0.2) is 0 Å². The zero-order valence-corrected chi connectivity index (χ0v) is 12.6. The quantitative estimate of drug-likeness (QED) is 0.817.